The Balaban J connectivity index is 2.19. The first kappa shape index (κ1) is 25.2. The minimum atomic E-state index is -0.638. The van der Waals surface area contributed by atoms with Crippen molar-refractivity contribution in [2.24, 2.45) is 0 Å². The minimum absolute atomic E-state index is 0.0952. The molecule has 2 amide bonds. The summed E-state index contributed by atoms with van der Waals surface area (Å²) in [6, 6.07) is 12.8. The number of hydrogen-bond donors (Lipinski definition) is 1. The maximum Gasteiger partial charge on any atom is 0.242 e. The van der Waals surface area contributed by atoms with E-state index in [0.717, 1.165) is 17.5 Å². The molecular weight excluding hydrogens is 431 g/mol. The van der Waals surface area contributed by atoms with Crippen molar-refractivity contribution in [1.82, 2.24) is 10.2 Å². The molecule has 0 saturated heterocycles. The second kappa shape index (κ2) is 11.0. The summed E-state index contributed by atoms with van der Waals surface area (Å²) in [5, 5.41) is 3.97. The molecule has 4 nitrogen and oxygen atoms in total. The van der Waals surface area contributed by atoms with Crippen LogP contribution in [0.1, 0.15) is 57.7 Å². The van der Waals surface area contributed by atoms with Gasteiger partial charge in [-0.3, -0.25) is 9.59 Å². The first-order valence-corrected chi connectivity index (χ1v) is 11.4. The summed E-state index contributed by atoms with van der Waals surface area (Å²) < 4.78 is 0. The van der Waals surface area contributed by atoms with Crippen LogP contribution in [0.3, 0.4) is 0 Å². The first-order valence-electron chi connectivity index (χ1n) is 10.6. The number of rotatable bonds is 8. The Morgan fingerprint density at radius 3 is 2.19 bits per heavy atom. The summed E-state index contributed by atoms with van der Waals surface area (Å²) in [6.45, 7) is 9.85. The Bertz CT molecular complexity index is 905. The van der Waals surface area contributed by atoms with Crippen molar-refractivity contribution in [3.63, 3.8) is 0 Å². The summed E-state index contributed by atoms with van der Waals surface area (Å²) in [6.07, 6.45) is 1.90. The van der Waals surface area contributed by atoms with Gasteiger partial charge in [0.15, 0.2) is 0 Å². The molecule has 1 unspecified atom stereocenters. The van der Waals surface area contributed by atoms with E-state index in [1.807, 2.05) is 20.8 Å². The zero-order valence-electron chi connectivity index (χ0n) is 19.0. The maximum absolute atomic E-state index is 13.2. The van der Waals surface area contributed by atoms with Gasteiger partial charge in [-0.05, 0) is 69.4 Å². The van der Waals surface area contributed by atoms with Gasteiger partial charge in [-0.25, -0.2) is 0 Å². The molecule has 0 aromatic heterocycles. The Hall–Kier alpha value is -2.04. The number of nitrogens with one attached hydrogen (secondary N) is 1. The van der Waals surface area contributed by atoms with E-state index in [1.54, 1.807) is 30.0 Å². The van der Waals surface area contributed by atoms with E-state index >= 15 is 0 Å². The van der Waals surface area contributed by atoms with E-state index in [4.69, 9.17) is 23.2 Å². The molecule has 168 valence electrons. The molecule has 31 heavy (non-hydrogen) atoms. The predicted octanol–water partition coefficient (Wildman–Crippen LogP) is 5.82. The highest BCUT2D eigenvalue weighted by atomic mass is 35.5. The van der Waals surface area contributed by atoms with Crippen LogP contribution in [0.25, 0.3) is 0 Å². The zero-order valence-corrected chi connectivity index (χ0v) is 20.5. The highest BCUT2D eigenvalue weighted by Gasteiger charge is 2.28. The molecule has 6 heteroatoms. The Morgan fingerprint density at radius 2 is 1.65 bits per heavy atom. The maximum atomic E-state index is 13.2. The molecule has 0 aliphatic rings. The third kappa shape index (κ3) is 7.86. The number of amides is 2. The summed E-state index contributed by atoms with van der Waals surface area (Å²) >= 11 is 12.4. The molecular formula is C25H32Cl2N2O2. The summed E-state index contributed by atoms with van der Waals surface area (Å²) in [4.78, 5) is 27.6. The lowest BCUT2D eigenvalue weighted by atomic mass is 10.0. The summed E-state index contributed by atoms with van der Waals surface area (Å²) in [5.74, 6) is -0.291. The monoisotopic (exact) mass is 462 g/mol. The van der Waals surface area contributed by atoms with Crippen molar-refractivity contribution in [3.8, 4) is 0 Å². The molecule has 2 rings (SSSR count). The Morgan fingerprint density at radius 1 is 1.03 bits per heavy atom. The lowest BCUT2D eigenvalue weighted by molar-refractivity contribution is -0.141. The fraction of sp³-hybridized carbons (Fsp3) is 0.440. The van der Waals surface area contributed by atoms with Gasteiger partial charge in [-0.1, -0.05) is 60.5 Å². The van der Waals surface area contributed by atoms with Crippen LogP contribution in [-0.2, 0) is 29.0 Å². The van der Waals surface area contributed by atoms with Gasteiger partial charge in [-0.15, -0.1) is 0 Å². The normalized spacial score (nSPS) is 12.4. The van der Waals surface area contributed by atoms with Crippen LogP contribution in [0, 0.1) is 0 Å². The van der Waals surface area contributed by atoms with Gasteiger partial charge in [-0.2, -0.15) is 0 Å². The fourth-order valence-corrected chi connectivity index (χ4v) is 3.69. The van der Waals surface area contributed by atoms with E-state index in [-0.39, 0.29) is 23.9 Å². The highest BCUT2D eigenvalue weighted by Crippen LogP contribution is 2.24. The van der Waals surface area contributed by atoms with Crippen molar-refractivity contribution >= 4 is 35.0 Å². The lowest BCUT2D eigenvalue weighted by Gasteiger charge is -2.31. The fourth-order valence-electron chi connectivity index (χ4n) is 3.23. The quantitative estimate of drug-likeness (QED) is 0.536. The van der Waals surface area contributed by atoms with E-state index < -0.39 is 6.04 Å². The van der Waals surface area contributed by atoms with E-state index in [0.29, 0.717) is 22.9 Å². The Labute approximate surface area is 195 Å². The number of carbonyl (C=O) groups excluding carboxylic acids is 2. The Kier molecular flexibility index (Phi) is 8.96. The largest absolute Gasteiger partial charge is 0.350 e. The van der Waals surface area contributed by atoms with Gasteiger partial charge in [0.2, 0.25) is 11.8 Å². The molecule has 0 aliphatic heterocycles. The van der Waals surface area contributed by atoms with Gasteiger partial charge in [0.1, 0.15) is 6.04 Å². The van der Waals surface area contributed by atoms with Gasteiger partial charge in [0.05, 0.1) is 0 Å². The van der Waals surface area contributed by atoms with E-state index in [2.05, 4.69) is 36.5 Å². The number of nitrogens with zero attached hydrogens (tertiary/aromatic N) is 1. The van der Waals surface area contributed by atoms with Crippen molar-refractivity contribution in [1.29, 1.82) is 0 Å². The third-order valence-electron chi connectivity index (χ3n) is 5.08. The highest BCUT2D eigenvalue weighted by molar-refractivity contribution is 6.35. The molecule has 0 aliphatic carbocycles. The van der Waals surface area contributed by atoms with E-state index in [9.17, 15) is 9.59 Å². The molecule has 0 heterocycles. The zero-order chi connectivity index (χ0) is 23.2. The van der Waals surface area contributed by atoms with Crippen LogP contribution in [0.4, 0.5) is 0 Å². The van der Waals surface area contributed by atoms with Crippen LogP contribution < -0.4 is 5.32 Å². The van der Waals surface area contributed by atoms with Crippen LogP contribution in [0.5, 0.6) is 0 Å². The van der Waals surface area contributed by atoms with Crippen molar-refractivity contribution in [2.45, 2.75) is 72.0 Å². The smallest absolute Gasteiger partial charge is 0.242 e. The number of hydrogen-bond acceptors (Lipinski definition) is 2. The van der Waals surface area contributed by atoms with Crippen molar-refractivity contribution < 1.29 is 9.59 Å². The van der Waals surface area contributed by atoms with Gasteiger partial charge < -0.3 is 10.2 Å². The second-order valence-corrected chi connectivity index (χ2v) is 9.69. The average Bonchev–Trinajstić information content (AvgIpc) is 2.70. The molecule has 0 spiro atoms. The molecule has 0 saturated carbocycles. The van der Waals surface area contributed by atoms with Crippen LogP contribution >= 0.6 is 23.2 Å². The molecule has 1 N–H and O–H groups in total. The molecule has 0 fully saturated rings. The van der Waals surface area contributed by atoms with Crippen molar-refractivity contribution in [3.05, 3.63) is 69.2 Å². The molecule has 0 radical (unpaired) electrons. The average molecular weight is 463 g/mol. The molecule has 2 aromatic carbocycles. The number of carbonyl (C=O) groups is 2. The summed E-state index contributed by atoms with van der Waals surface area (Å²) in [7, 11) is 0. The van der Waals surface area contributed by atoms with Gasteiger partial charge >= 0.3 is 0 Å². The predicted molar refractivity (Wildman–Crippen MR) is 129 cm³/mol. The third-order valence-corrected chi connectivity index (χ3v) is 5.67. The summed E-state index contributed by atoms with van der Waals surface area (Å²) in [5.41, 5.74) is 2.73. The number of benzene rings is 2. The van der Waals surface area contributed by atoms with E-state index in [1.165, 1.54) is 5.56 Å². The van der Waals surface area contributed by atoms with Crippen LogP contribution in [0.2, 0.25) is 10.0 Å². The lowest BCUT2D eigenvalue weighted by Crippen LogP contribution is -2.52. The van der Waals surface area contributed by atoms with Gasteiger partial charge in [0, 0.05) is 28.5 Å². The number of aryl methyl sites for hydroxylation is 2. The first-order chi connectivity index (χ1) is 14.5. The van der Waals surface area contributed by atoms with Crippen LogP contribution in [0.15, 0.2) is 42.5 Å². The molecule has 2 aromatic rings. The van der Waals surface area contributed by atoms with Gasteiger partial charge in [0.25, 0.3) is 0 Å². The minimum Gasteiger partial charge on any atom is -0.350 e. The standard InChI is InChI=1S/C25H32Cl2N2O2/c1-6-18-7-9-19(10-8-18)11-14-23(30)29(17(2)24(31)28-25(3,4)5)16-20-12-13-21(26)15-22(20)27/h7-10,12-13,15,17H,6,11,14,16H2,1-5H3,(H,28,31). The molecule has 0 bridgehead atoms. The van der Waals surface area contributed by atoms with Crippen molar-refractivity contribution in [2.75, 3.05) is 0 Å². The topological polar surface area (TPSA) is 49.4 Å². The SMILES string of the molecule is CCc1ccc(CCC(=O)N(Cc2ccc(Cl)cc2Cl)C(C)C(=O)NC(C)(C)C)cc1. The second-order valence-electron chi connectivity index (χ2n) is 8.84. The number of halogens is 2. The molecule has 1 atom stereocenters. The van der Waals surface area contributed by atoms with Crippen LogP contribution in [-0.4, -0.2) is 28.3 Å².